The van der Waals surface area contributed by atoms with Gasteiger partial charge in [0.15, 0.2) is 0 Å². The zero-order valence-corrected chi connectivity index (χ0v) is 13.9. The fourth-order valence-corrected chi connectivity index (χ4v) is 3.06. The van der Waals surface area contributed by atoms with Crippen molar-refractivity contribution in [3.05, 3.63) is 58.4 Å². The molecule has 0 bridgehead atoms. The molecule has 0 spiro atoms. The number of hydrogen-bond donors (Lipinski definition) is 3. The lowest BCUT2D eigenvalue weighted by Crippen LogP contribution is -2.18. The molecule has 2 rings (SSSR count). The van der Waals surface area contributed by atoms with Crippen molar-refractivity contribution in [1.82, 2.24) is 0 Å². The van der Waals surface area contributed by atoms with Crippen LogP contribution in [0.4, 0.5) is 10.1 Å². The largest absolute Gasteiger partial charge is 0.392 e. The van der Waals surface area contributed by atoms with E-state index in [1.54, 1.807) is 0 Å². The normalized spacial score (nSPS) is 11.3. The van der Waals surface area contributed by atoms with E-state index in [1.807, 2.05) is 0 Å². The van der Waals surface area contributed by atoms with Crippen molar-refractivity contribution in [2.75, 3.05) is 5.32 Å². The molecule has 0 fully saturated rings. The fraction of sp³-hybridized carbons (Fsp3) is 0.133. The van der Waals surface area contributed by atoms with Crippen LogP contribution in [0.25, 0.3) is 0 Å². The van der Waals surface area contributed by atoms with E-state index in [0.717, 1.165) is 12.1 Å². The minimum Gasteiger partial charge on any atom is -0.392 e. The molecule has 4 N–H and O–H groups in total. The van der Waals surface area contributed by atoms with E-state index in [1.165, 1.54) is 24.3 Å². The van der Waals surface area contributed by atoms with Gasteiger partial charge >= 0.3 is 0 Å². The van der Waals surface area contributed by atoms with E-state index >= 15 is 0 Å². The molecule has 2 aromatic carbocycles. The number of benzene rings is 2. The maximum Gasteiger partial charge on any atom is 0.238 e. The Hall–Kier alpha value is -2.00. The van der Waals surface area contributed by atoms with E-state index < -0.39 is 28.4 Å². The van der Waals surface area contributed by atoms with Crippen LogP contribution in [-0.2, 0) is 27.8 Å². The molecule has 0 atom stereocenters. The number of rotatable bonds is 5. The van der Waals surface area contributed by atoms with E-state index in [9.17, 15) is 17.6 Å². The van der Waals surface area contributed by atoms with Crippen molar-refractivity contribution in [3.8, 4) is 0 Å². The Kier molecular flexibility index (Phi) is 5.55. The first kappa shape index (κ1) is 18.3. The molecule has 2 aromatic rings. The number of primary sulfonamides is 1. The lowest BCUT2D eigenvalue weighted by atomic mass is 10.1. The number of amides is 1. The number of carbonyl (C=O) groups excluding carboxylic acids is 1. The van der Waals surface area contributed by atoms with Gasteiger partial charge in [0.2, 0.25) is 15.9 Å². The summed E-state index contributed by atoms with van der Waals surface area (Å²) in [5, 5.41) is 17.0. The molecular weight excluding hydrogens is 359 g/mol. The van der Waals surface area contributed by atoms with E-state index in [-0.39, 0.29) is 27.6 Å². The Morgan fingerprint density at radius 1 is 1.21 bits per heavy atom. The average Bonchev–Trinajstić information content (AvgIpc) is 2.50. The predicted molar refractivity (Wildman–Crippen MR) is 87.5 cm³/mol. The van der Waals surface area contributed by atoms with Gasteiger partial charge in [-0.05, 0) is 41.5 Å². The van der Waals surface area contributed by atoms with Crippen LogP contribution in [0.15, 0.2) is 41.3 Å². The number of halogens is 2. The first-order chi connectivity index (χ1) is 11.2. The highest BCUT2D eigenvalue weighted by molar-refractivity contribution is 7.89. The van der Waals surface area contributed by atoms with Crippen LogP contribution < -0.4 is 10.5 Å². The second-order valence-electron chi connectivity index (χ2n) is 4.99. The number of aliphatic hydroxyl groups is 1. The van der Waals surface area contributed by atoms with E-state index in [2.05, 4.69) is 5.32 Å². The molecule has 24 heavy (non-hydrogen) atoms. The van der Waals surface area contributed by atoms with Gasteiger partial charge < -0.3 is 10.4 Å². The number of anilines is 1. The molecule has 0 aliphatic rings. The van der Waals surface area contributed by atoms with Gasteiger partial charge in [-0.3, -0.25) is 4.79 Å². The van der Waals surface area contributed by atoms with Crippen molar-refractivity contribution in [3.63, 3.8) is 0 Å². The van der Waals surface area contributed by atoms with Crippen molar-refractivity contribution < 1.29 is 22.7 Å². The third-order valence-corrected chi connectivity index (χ3v) is 4.55. The van der Waals surface area contributed by atoms with Crippen LogP contribution >= 0.6 is 11.6 Å². The van der Waals surface area contributed by atoms with Crippen LogP contribution in [-0.4, -0.2) is 19.4 Å². The van der Waals surface area contributed by atoms with Crippen LogP contribution in [0.3, 0.4) is 0 Å². The monoisotopic (exact) mass is 372 g/mol. The number of nitrogens with one attached hydrogen (secondary N) is 1. The zero-order chi connectivity index (χ0) is 17.9. The van der Waals surface area contributed by atoms with Gasteiger partial charge in [0, 0.05) is 10.7 Å². The van der Waals surface area contributed by atoms with E-state index in [0.29, 0.717) is 5.56 Å². The average molecular weight is 373 g/mol. The summed E-state index contributed by atoms with van der Waals surface area (Å²) in [6.07, 6.45) is -0.191. The van der Waals surface area contributed by atoms with Gasteiger partial charge in [-0.25, -0.2) is 17.9 Å². The standard InChI is InChI=1S/C15H14ClFN2O4S/c16-13-4-2-11(17)5-10(13)6-15(21)19-12-3-1-9(8-20)14(7-12)24(18,22)23/h1-5,7,20H,6,8H2,(H,19,21)(H2,18,22,23). The second-order valence-corrected chi connectivity index (χ2v) is 6.92. The Morgan fingerprint density at radius 2 is 1.92 bits per heavy atom. The van der Waals surface area contributed by atoms with Gasteiger partial charge in [-0.2, -0.15) is 0 Å². The third-order valence-electron chi connectivity index (χ3n) is 3.19. The molecule has 0 aliphatic heterocycles. The SMILES string of the molecule is NS(=O)(=O)c1cc(NC(=O)Cc2cc(F)ccc2Cl)ccc1CO. The molecule has 0 aliphatic carbocycles. The predicted octanol–water partition coefficient (Wildman–Crippen LogP) is 1.80. The highest BCUT2D eigenvalue weighted by atomic mass is 35.5. The summed E-state index contributed by atoms with van der Waals surface area (Å²) in [5.41, 5.74) is 0.588. The first-order valence-corrected chi connectivity index (χ1v) is 8.63. The summed E-state index contributed by atoms with van der Waals surface area (Å²) in [4.78, 5) is 11.8. The summed E-state index contributed by atoms with van der Waals surface area (Å²) in [7, 11) is -4.06. The minimum absolute atomic E-state index is 0.115. The minimum atomic E-state index is -4.06. The fourth-order valence-electron chi connectivity index (χ4n) is 2.08. The van der Waals surface area contributed by atoms with Crippen LogP contribution in [0, 0.1) is 5.82 Å². The third kappa shape index (κ3) is 4.51. The molecule has 128 valence electrons. The Balaban J connectivity index is 2.22. The summed E-state index contributed by atoms with van der Waals surface area (Å²) in [5.74, 6) is -1.04. The van der Waals surface area contributed by atoms with E-state index in [4.69, 9.17) is 21.8 Å². The van der Waals surface area contributed by atoms with Crippen molar-refractivity contribution >= 4 is 33.2 Å². The van der Waals surface area contributed by atoms with Gasteiger partial charge in [0.25, 0.3) is 0 Å². The molecule has 0 heterocycles. The van der Waals surface area contributed by atoms with Gasteiger partial charge in [0.1, 0.15) is 5.82 Å². The maximum absolute atomic E-state index is 13.2. The zero-order valence-electron chi connectivity index (χ0n) is 12.3. The number of nitrogens with two attached hydrogens (primary N) is 1. The van der Waals surface area contributed by atoms with Gasteiger partial charge in [-0.1, -0.05) is 17.7 Å². The van der Waals surface area contributed by atoms with Crippen molar-refractivity contribution in [2.24, 2.45) is 5.14 Å². The highest BCUT2D eigenvalue weighted by Crippen LogP contribution is 2.21. The van der Waals surface area contributed by atoms with Crippen LogP contribution in [0.1, 0.15) is 11.1 Å². The number of hydrogen-bond acceptors (Lipinski definition) is 4. The molecule has 0 saturated heterocycles. The lowest BCUT2D eigenvalue weighted by molar-refractivity contribution is -0.115. The smallest absolute Gasteiger partial charge is 0.238 e. The quantitative estimate of drug-likeness (QED) is 0.743. The molecule has 0 aromatic heterocycles. The molecule has 1 amide bonds. The summed E-state index contributed by atoms with van der Waals surface area (Å²) >= 11 is 5.90. The highest BCUT2D eigenvalue weighted by Gasteiger charge is 2.15. The summed E-state index contributed by atoms with van der Waals surface area (Å²) < 4.78 is 36.2. The summed E-state index contributed by atoms with van der Waals surface area (Å²) in [6.45, 7) is -0.515. The Labute approximate surface area is 143 Å². The lowest BCUT2D eigenvalue weighted by Gasteiger charge is -2.10. The molecule has 9 heteroatoms. The van der Waals surface area contributed by atoms with Crippen molar-refractivity contribution in [1.29, 1.82) is 0 Å². The second kappa shape index (κ2) is 7.27. The number of sulfonamides is 1. The molecule has 0 unspecified atom stereocenters. The molecule has 0 saturated carbocycles. The Morgan fingerprint density at radius 3 is 2.54 bits per heavy atom. The maximum atomic E-state index is 13.2. The number of carbonyl (C=O) groups is 1. The van der Waals surface area contributed by atoms with Gasteiger partial charge in [0.05, 0.1) is 17.9 Å². The van der Waals surface area contributed by atoms with Gasteiger partial charge in [-0.15, -0.1) is 0 Å². The summed E-state index contributed by atoms with van der Waals surface area (Å²) in [6, 6.07) is 7.57. The number of aliphatic hydroxyl groups excluding tert-OH is 1. The first-order valence-electron chi connectivity index (χ1n) is 6.71. The molecule has 0 radical (unpaired) electrons. The molecule has 6 nitrogen and oxygen atoms in total. The topological polar surface area (TPSA) is 109 Å². The molecular formula is C15H14ClFN2O4S. The van der Waals surface area contributed by atoms with Crippen molar-refractivity contribution in [2.45, 2.75) is 17.9 Å². The van der Waals surface area contributed by atoms with Crippen LogP contribution in [0.5, 0.6) is 0 Å². The Bertz CT molecular complexity index is 887. The van der Waals surface area contributed by atoms with Crippen LogP contribution in [0.2, 0.25) is 5.02 Å².